The first-order valence-corrected chi connectivity index (χ1v) is 7.73. The van der Waals surface area contributed by atoms with Crippen LogP contribution in [0.25, 0.3) is 0 Å². The van der Waals surface area contributed by atoms with Crippen LogP contribution >= 0.6 is 11.3 Å². The predicted octanol–water partition coefficient (Wildman–Crippen LogP) is 1.11. The van der Waals surface area contributed by atoms with Gasteiger partial charge >= 0.3 is 0 Å². The number of thiazole rings is 1. The number of benzene rings is 1. The fourth-order valence-electron chi connectivity index (χ4n) is 1.48. The van der Waals surface area contributed by atoms with E-state index in [1.807, 2.05) is 0 Å². The van der Waals surface area contributed by atoms with Crippen molar-refractivity contribution in [1.29, 1.82) is 0 Å². The molecule has 0 unspecified atom stereocenters. The van der Waals surface area contributed by atoms with Crippen LogP contribution in [0.5, 0.6) is 0 Å². The Labute approximate surface area is 118 Å². The number of anilines is 1. The van der Waals surface area contributed by atoms with E-state index in [-0.39, 0.29) is 12.2 Å². The number of aromatic nitrogens is 1. The van der Waals surface area contributed by atoms with E-state index in [9.17, 15) is 18.5 Å². The molecule has 0 saturated carbocycles. The van der Waals surface area contributed by atoms with Crippen LogP contribution in [0.2, 0.25) is 0 Å². The second-order valence-electron chi connectivity index (χ2n) is 3.79. The monoisotopic (exact) mass is 314 g/mol. The van der Waals surface area contributed by atoms with Gasteiger partial charge in [-0.05, 0) is 12.1 Å². The summed E-state index contributed by atoms with van der Waals surface area (Å²) in [5.74, 6) is 0. The molecule has 106 valence electrons. The Bertz CT molecular complexity index is 728. The van der Waals surface area contributed by atoms with Crippen LogP contribution in [-0.2, 0) is 16.6 Å². The van der Waals surface area contributed by atoms with Crippen molar-refractivity contribution in [2.75, 3.05) is 5.73 Å². The minimum absolute atomic E-state index is 0.0344. The number of nitrogens with zero attached hydrogens (tertiary/aromatic N) is 2. The predicted molar refractivity (Wildman–Crippen MR) is 73.6 cm³/mol. The molecular formula is C10H10N4O4S2. The molecule has 0 spiro atoms. The molecule has 0 radical (unpaired) electrons. The van der Waals surface area contributed by atoms with Crippen molar-refractivity contribution < 1.29 is 13.3 Å². The molecule has 1 heterocycles. The number of nitrogen functional groups attached to an aromatic ring is 1. The first-order valence-electron chi connectivity index (χ1n) is 5.31. The summed E-state index contributed by atoms with van der Waals surface area (Å²) in [4.78, 5) is 13.6. The van der Waals surface area contributed by atoms with Gasteiger partial charge in [0.2, 0.25) is 10.0 Å². The third-order valence-electron chi connectivity index (χ3n) is 2.40. The van der Waals surface area contributed by atoms with Crippen molar-refractivity contribution in [3.05, 3.63) is 44.9 Å². The van der Waals surface area contributed by atoms with E-state index in [1.54, 1.807) is 10.9 Å². The van der Waals surface area contributed by atoms with Crippen LogP contribution in [0.3, 0.4) is 0 Å². The first-order chi connectivity index (χ1) is 9.40. The van der Waals surface area contributed by atoms with Crippen molar-refractivity contribution in [2.24, 2.45) is 0 Å². The van der Waals surface area contributed by atoms with Gasteiger partial charge in [-0.25, -0.2) is 18.1 Å². The maximum atomic E-state index is 12.1. The average Bonchev–Trinajstić information content (AvgIpc) is 2.89. The fourth-order valence-corrected chi connectivity index (χ4v) is 3.18. The molecule has 0 aliphatic heterocycles. The van der Waals surface area contributed by atoms with E-state index in [0.717, 1.165) is 12.1 Å². The van der Waals surface area contributed by atoms with E-state index in [1.165, 1.54) is 17.4 Å². The van der Waals surface area contributed by atoms with Crippen molar-refractivity contribution in [3.8, 4) is 0 Å². The van der Waals surface area contributed by atoms with E-state index in [2.05, 4.69) is 9.71 Å². The lowest BCUT2D eigenvalue weighted by Crippen LogP contribution is -2.24. The molecule has 0 fully saturated rings. The summed E-state index contributed by atoms with van der Waals surface area (Å²) >= 11 is 1.33. The quantitative estimate of drug-likeness (QED) is 0.483. The number of rotatable bonds is 5. The number of nitro benzene ring substituents is 1. The lowest BCUT2D eigenvalue weighted by Gasteiger charge is -2.06. The van der Waals surface area contributed by atoms with Gasteiger partial charge in [0.05, 0.1) is 22.7 Å². The summed E-state index contributed by atoms with van der Waals surface area (Å²) in [5, 5.41) is 12.6. The highest BCUT2D eigenvalue weighted by molar-refractivity contribution is 7.89. The van der Waals surface area contributed by atoms with Gasteiger partial charge in [0.1, 0.15) is 0 Å². The van der Waals surface area contributed by atoms with Gasteiger partial charge in [0.25, 0.3) is 5.69 Å². The number of nitrogens with one attached hydrogen (secondary N) is 1. The molecule has 2 aromatic rings. The van der Waals surface area contributed by atoms with Crippen LogP contribution < -0.4 is 10.5 Å². The number of sulfonamides is 1. The molecule has 0 bridgehead atoms. The van der Waals surface area contributed by atoms with E-state index in [4.69, 9.17) is 5.73 Å². The third kappa shape index (κ3) is 3.10. The molecule has 0 aliphatic carbocycles. The number of nitro groups is 1. The Morgan fingerprint density at radius 2 is 2.20 bits per heavy atom. The molecule has 0 amide bonds. The second-order valence-corrected chi connectivity index (χ2v) is 6.24. The van der Waals surface area contributed by atoms with E-state index < -0.39 is 25.5 Å². The van der Waals surface area contributed by atoms with Crippen LogP contribution in [0.15, 0.2) is 34.0 Å². The molecule has 8 nitrogen and oxygen atoms in total. The smallest absolute Gasteiger partial charge is 0.291 e. The molecule has 0 saturated heterocycles. The normalized spacial score (nSPS) is 11.4. The SMILES string of the molecule is Nc1ccc(S(=O)(=O)NCc2cscn2)c([N+](=O)[O-])c1. The van der Waals surface area contributed by atoms with Crippen molar-refractivity contribution in [3.63, 3.8) is 0 Å². The Morgan fingerprint density at radius 1 is 1.45 bits per heavy atom. The number of hydrogen-bond acceptors (Lipinski definition) is 7. The minimum Gasteiger partial charge on any atom is -0.399 e. The standard InChI is InChI=1S/C10H10N4O4S2/c11-7-1-2-10(9(3-7)14(15)16)20(17,18)13-4-8-5-19-6-12-8/h1-3,5-6,13H,4,11H2. The van der Waals surface area contributed by atoms with Crippen LogP contribution in [-0.4, -0.2) is 18.3 Å². The largest absolute Gasteiger partial charge is 0.399 e. The number of hydrogen-bond donors (Lipinski definition) is 2. The lowest BCUT2D eigenvalue weighted by molar-refractivity contribution is -0.387. The highest BCUT2D eigenvalue weighted by atomic mass is 32.2. The van der Waals surface area contributed by atoms with Crippen LogP contribution in [0, 0.1) is 10.1 Å². The molecular weight excluding hydrogens is 304 g/mol. The molecule has 10 heteroatoms. The topological polar surface area (TPSA) is 128 Å². The molecule has 0 aliphatic rings. The Morgan fingerprint density at radius 3 is 2.80 bits per heavy atom. The molecule has 1 aromatic heterocycles. The fraction of sp³-hybridized carbons (Fsp3) is 0.100. The van der Waals surface area contributed by atoms with Crippen LogP contribution in [0.4, 0.5) is 11.4 Å². The van der Waals surface area contributed by atoms with E-state index >= 15 is 0 Å². The highest BCUT2D eigenvalue weighted by Gasteiger charge is 2.25. The second kappa shape index (κ2) is 5.53. The first kappa shape index (κ1) is 14.4. The molecule has 0 atom stereocenters. The zero-order valence-electron chi connectivity index (χ0n) is 10.0. The average molecular weight is 314 g/mol. The minimum atomic E-state index is -4.01. The zero-order valence-corrected chi connectivity index (χ0v) is 11.6. The summed E-state index contributed by atoms with van der Waals surface area (Å²) < 4.78 is 26.4. The van der Waals surface area contributed by atoms with Crippen LogP contribution in [0.1, 0.15) is 5.69 Å². The molecule has 3 N–H and O–H groups in total. The molecule has 2 rings (SSSR count). The van der Waals surface area contributed by atoms with Crippen molar-refractivity contribution in [1.82, 2.24) is 9.71 Å². The van der Waals surface area contributed by atoms with Crippen molar-refractivity contribution >= 4 is 32.7 Å². The highest BCUT2D eigenvalue weighted by Crippen LogP contribution is 2.25. The van der Waals surface area contributed by atoms with Crippen molar-refractivity contribution in [2.45, 2.75) is 11.4 Å². The lowest BCUT2D eigenvalue weighted by atomic mass is 10.3. The van der Waals surface area contributed by atoms with E-state index in [0.29, 0.717) is 5.69 Å². The van der Waals surface area contributed by atoms with Gasteiger partial charge in [0, 0.05) is 17.1 Å². The summed E-state index contributed by atoms with van der Waals surface area (Å²) in [5.41, 5.74) is 7.10. The summed E-state index contributed by atoms with van der Waals surface area (Å²) in [6, 6.07) is 3.42. The third-order valence-corrected chi connectivity index (χ3v) is 4.48. The summed E-state index contributed by atoms with van der Waals surface area (Å²) in [7, 11) is -4.01. The van der Waals surface area contributed by atoms with Gasteiger partial charge in [0.15, 0.2) is 4.90 Å². The van der Waals surface area contributed by atoms with Gasteiger partial charge in [-0.1, -0.05) is 0 Å². The molecule has 20 heavy (non-hydrogen) atoms. The Balaban J connectivity index is 2.31. The van der Waals surface area contributed by atoms with Gasteiger partial charge in [-0.2, -0.15) is 0 Å². The Kier molecular flexibility index (Phi) is 3.97. The summed E-state index contributed by atoms with van der Waals surface area (Å²) in [6.07, 6.45) is 0. The summed E-state index contributed by atoms with van der Waals surface area (Å²) in [6.45, 7) is -0.0344. The maximum Gasteiger partial charge on any atom is 0.291 e. The maximum absolute atomic E-state index is 12.1. The van der Waals surface area contributed by atoms with Gasteiger partial charge in [-0.3, -0.25) is 10.1 Å². The molecule has 1 aromatic carbocycles. The van der Waals surface area contributed by atoms with Gasteiger partial charge < -0.3 is 5.73 Å². The Hall–Kier alpha value is -2.04. The zero-order chi connectivity index (χ0) is 14.8. The van der Waals surface area contributed by atoms with Gasteiger partial charge in [-0.15, -0.1) is 11.3 Å². The number of nitrogens with two attached hydrogens (primary N) is 1.